The van der Waals surface area contributed by atoms with E-state index >= 15 is 0 Å². The molecule has 0 N–H and O–H groups in total. The van der Waals surface area contributed by atoms with E-state index in [1.54, 1.807) is 0 Å². The summed E-state index contributed by atoms with van der Waals surface area (Å²) in [5, 5.41) is 0. The van der Waals surface area contributed by atoms with Crippen molar-refractivity contribution in [1.29, 1.82) is 0 Å². The molecular weight excluding hydrogens is 138 g/mol. The van der Waals surface area contributed by atoms with Gasteiger partial charge < -0.3 is 4.90 Å². The van der Waals surface area contributed by atoms with Gasteiger partial charge in [-0.25, -0.2) is 0 Å². The van der Waals surface area contributed by atoms with Crippen molar-refractivity contribution in [2.75, 3.05) is 7.05 Å². The minimum atomic E-state index is -0.159. The van der Waals surface area contributed by atoms with Crippen molar-refractivity contribution in [3.05, 3.63) is 0 Å². The number of likely N-dealkylation sites (tertiary alicyclic amines) is 1. The second kappa shape index (κ2) is 2.23. The van der Waals surface area contributed by atoms with Crippen molar-refractivity contribution < 1.29 is 4.79 Å². The van der Waals surface area contributed by atoms with Gasteiger partial charge in [0.2, 0.25) is 5.91 Å². The summed E-state index contributed by atoms with van der Waals surface area (Å²) < 4.78 is 0. The molecule has 1 amide bonds. The van der Waals surface area contributed by atoms with Crippen molar-refractivity contribution in [3.8, 4) is 0 Å². The molecule has 0 radical (unpaired) electrons. The minimum absolute atomic E-state index is 0.159. The fourth-order valence-electron chi connectivity index (χ4n) is 1.77. The third kappa shape index (κ3) is 0.959. The van der Waals surface area contributed by atoms with Gasteiger partial charge in [0.05, 0.1) is 0 Å². The third-order valence-electron chi connectivity index (χ3n) is 3.34. The first-order valence-corrected chi connectivity index (χ1v) is 4.16. The molecule has 0 saturated carbocycles. The summed E-state index contributed by atoms with van der Waals surface area (Å²) in [6, 6.07) is 0.387. The Balaban J connectivity index is 2.96. The first kappa shape index (κ1) is 8.57. The van der Waals surface area contributed by atoms with Gasteiger partial charge in [0.1, 0.15) is 0 Å². The zero-order valence-corrected chi connectivity index (χ0v) is 8.01. The lowest BCUT2D eigenvalue weighted by atomic mass is 9.80. The highest BCUT2D eigenvalue weighted by molar-refractivity contribution is 5.84. The molecule has 2 atom stereocenters. The van der Waals surface area contributed by atoms with Crippen LogP contribution in [0.25, 0.3) is 0 Å². The van der Waals surface area contributed by atoms with Crippen molar-refractivity contribution in [2.24, 2.45) is 11.3 Å². The Morgan fingerprint density at radius 3 is 1.91 bits per heavy atom. The minimum Gasteiger partial charge on any atom is -0.342 e. The zero-order valence-electron chi connectivity index (χ0n) is 8.01. The van der Waals surface area contributed by atoms with Crippen LogP contribution in [0.3, 0.4) is 0 Å². The molecule has 1 aliphatic heterocycles. The van der Waals surface area contributed by atoms with Crippen molar-refractivity contribution in [2.45, 2.75) is 33.7 Å². The van der Waals surface area contributed by atoms with Crippen LogP contribution in [0.2, 0.25) is 0 Å². The number of rotatable bonds is 0. The molecule has 1 heterocycles. The van der Waals surface area contributed by atoms with Gasteiger partial charge >= 0.3 is 0 Å². The topological polar surface area (TPSA) is 20.3 Å². The van der Waals surface area contributed by atoms with Gasteiger partial charge in [0, 0.05) is 18.5 Å². The number of nitrogens with zero attached hydrogens (tertiary/aromatic N) is 1. The fraction of sp³-hybridized carbons (Fsp3) is 0.889. The molecule has 1 aliphatic rings. The molecule has 1 fully saturated rings. The van der Waals surface area contributed by atoms with E-state index in [0.717, 1.165) is 0 Å². The van der Waals surface area contributed by atoms with Crippen LogP contribution in [0.4, 0.5) is 0 Å². The largest absolute Gasteiger partial charge is 0.342 e. The molecule has 0 aromatic heterocycles. The number of hydrogen-bond acceptors (Lipinski definition) is 1. The van der Waals surface area contributed by atoms with E-state index in [4.69, 9.17) is 0 Å². The lowest BCUT2D eigenvalue weighted by Gasteiger charge is -2.20. The summed E-state index contributed by atoms with van der Waals surface area (Å²) in [4.78, 5) is 13.4. The van der Waals surface area contributed by atoms with Crippen LogP contribution in [0, 0.1) is 11.3 Å². The normalized spacial score (nSPS) is 36.5. The average molecular weight is 155 g/mol. The van der Waals surface area contributed by atoms with Crippen LogP contribution in [0.5, 0.6) is 0 Å². The van der Waals surface area contributed by atoms with E-state index in [9.17, 15) is 4.79 Å². The Kier molecular flexibility index (Phi) is 1.73. The lowest BCUT2D eigenvalue weighted by molar-refractivity contribution is -0.134. The maximum atomic E-state index is 11.6. The second-order valence-corrected chi connectivity index (χ2v) is 4.17. The van der Waals surface area contributed by atoms with Crippen LogP contribution >= 0.6 is 0 Å². The Bertz CT molecular complexity index is 186. The fourth-order valence-corrected chi connectivity index (χ4v) is 1.77. The molecule has 2 nitrogen and oxygen atoms in total. The molecule has 0 aliphatic carbocycles. The van der Waals surface area contributed by atoms with E-state index in [2.05, 4.69) is 13.8 Å². The second-order valence-electron chi connectivity index (χ2n) is 4.17. The van der Waals surface area contributed by atoms with Gasteiger partial charge in [-0.05, 0) is 12.8 Å². The van der Waals surface area contributed by atoms with Crippen LogP contribution in [-0.4, -0.2) is 23.9 Å². The van der Waals surface area contributed by atoms with Crippen molar-refractivity contribution in [1.82, 2.24) is 4.90 Å². The van der Waals surface area contributed by atoms with Gasteiger partial charge in [0.15, 0.2) is 0 Å². The highest BCUT2D eigenvalue weighted by Crippen LogP contribution is 2.39. The summed E-state index contributed by atoms with van der Waals surface area (Å²) in [7, 11) is 1.89. The predicted octanol–water partition coefficient (Wildman–Crippen LogP) is 1.51. The molecule has 1 saturated heterocycles. The molecule has 1 rings (SSSR count). The van der Waals surface area contributed by atoms with E-state index < -0.39 is 0 Å². The maximum Gasteiger partial charge on any atom is 0.228 e. The van der Waals surface area contributed by atoms with Crippen molar-refractivity contribution >= 4 is 5.91 Å². The summed E-state index contributed by atoms with van der Waals surface area (Å²) >= 11 is 0. The molecule has 0 aromatic carbocycles. The molecular formula is C9H17NO. The standard InChI is InChI=1S/C9H17NO/c1-6-7(2)10(5)8(11)9(6,3)4/h6-7H,1-5H3/t6-,7+/m0/s1. The zero-order chi connectivity index (χ0) is 8.81. The Morgan fingerprint density at radius 1 is 1.36 bits per heavy atom. The van der Waals surface area contributed by atoms with Gasteiger partial charge in [-0.2, -0.15) is 0 Å². The van der Waals surface area contributed by atoms with Crippen LogP contribution in [0.1, 0.15) is 27.7 Å². The lowest BCUT2D eigenvalue weighted by Crippen LogP contribution is -2.29. The Hall–Kier alpha value is -0.530. The van der Waals surface area contributed by atoms with Crippen LogP contribution in [0.15, 0.2) is 0 Å². The number of carbonyl (C=O) groups excluding carboxylic acids is 1. The third-order valence-corrected chi connectivity index (χ3v) is 3.34. The van der Waals surface area contributed by atoms with Gasteiger partial charge in [-0.15, -0.1) is 0 Å². The van der Waals surface area contributed by atoms with E-state index in [-0.39, 0.29) is 11.3 Å². The predicted molar refractivity (Wildman–Crippen MR) is 45.2 cm³/mol. The summed E-state index contributed by atoms with van der Waals surface area (Å²) in [6.45, 7) is 8.31. The SMILES string of the molecule is C[C@@H]1[C@H](C)C(C)(C)C(=O)N1C. The Labute approximate surface area is 68.6 Å². The quantitative estimate of drug-likeness (QED) is 0.519. The number of amides is 1. The Morgan fingerprint density at radius 2 is 1.82 bits per heavy atom. The van der Waals surface area contributed by atoms with Gasteiger partial charge in [0.25, 0.3) is 0 Å². The van der Waals surface area contributed by atoms with Crippen LogP contribution < -0.4 is 0 Å². The van der Waals surface area contributed by atoms with Crippen LogP contribution in [-0.2, 0) is 4.79 Å². The highest BCUT2D eigenvalue weighted by Gasteiger charge is 2.47. The van der Waals surface area contributed by atoms with Gasteiger partial charge in [-0.3, -0.25) is 4.79 Å². The summed E-state index contributed by atoms with van der Waals surface area (Å²) in [6.07, 6.45) is 0. The molecule has 0 spiro atoms. The number of hydrogen-bond donors (Lipinski definition) is 0. The highest BCUT2D eigenvalue weighted by atomic mass is 16.2. The monoisotopic (exact) mass is 155 g/mol. The molecule has 11 heavy (non-hydrogen) atoms. The smallest absolute Gasteiger partial charge is 0.228 e. The molecule has 0 bridgehead atoms. The van der Waals surface area contributed by atoms with Gasteiger partial charge in [-0.1, -0.05) is 20.8 Å². The van der Waals surface area contributed by atoms with E-state index in [0.29, 0.717) is 12.0 Å². The molecule has 2 heteroatoms. The summed E-state index contributed by atoms with van der Waals surface area (Å²) in [5.74, 6) is 0.734. The summed E-state index contributed by atoms with van der Waals surface area (Å²) in [5.41, 5.74) is -0.159. The number of carbonyl (C=O) groups is 1. The molecule has 0 aromatic rings. The van der Waals surface area contributed by atoms with Crippen molar-refractivity contribution in [3.63, 3.8) is 0 Å². The average Bonchev–Trinajstić information content (AvgIpc) is 2.06. The van der Waals surface area contributed by atoms with E-state index in [1.165, 1.54) is 0 Å². The maximum absolute atomic E-state index is 11.6. The molecule has 64 valence electrons. The first-order valence-electron chi connectivity index (χ1n) is 4.16. The molecule has 0 unspecified atom stereocenters. The van der Waals surface area contributed by atoms with E-state index in [1.807, 2.05) is 25.8 Å². The first-order chi connectivity index (χ1) is 4.89.